The topological polar surface area (TPSA) is 56.6 Å². The highest BCUT2D eigenvalue weighted by molar-refractivity contribution is 6.30. The summed E-state index contributed by atoms with van der Waals surface area (Å²) in [7, 11) is 0. The Morgan fingerprint density at radius 1 is 1.15 bits per heavy atom. The lowest BCUT2D eigenvalue weighted by atomic mass is 10.0. The van der Waals surface area contributed by atoms with Gasteiger partial charge in [-0.2, -0.15) is 5.26 Å². The summed E-state index contributed by atoms with van der Waals surface area (Å²) in [5, 5.41) is 10.3. The molecule has 96 valence electrons. The summed E-state index contributed by atoms with van der Waals surface area (Å²) >= 11 is 5.82. The van der Waals surface area contributed by atoms with Crippen molar-refractivity contribution in [1.82, 2.24) is 4.98 Å². The van der Waals surface area contributed by atoms with Crippen molar-refractivity contribution in [2.75, 3.05) is 0 Å². The normalized spacial score (nSPS) is 10.4. The minimum atomic E-state index is -0.0944. The number of nitrogens with zero attached hydrogens (tertiary/aromatic N) is 1. The van der Waals surface area contributed by atoms with E-state index in [-0.39, 0.29) is 5.78 Å². The first kappa shape index (κ1) is 12.5. The van der Waals surface area contributed by atoms with Crippen LogP contribution in [0.3, 0.4) is 0 Å². The molecule has 1 aromatic heterocycles. The fraction of sp³-hybridized carbons (Fsp3) is 0. The molecule has 0 unspecified atom stereocenters. The number of ketones is 1. The van der Waals surface area contributed by atoms with Gasteiger partial charge in [0.15, 0.2) is 5.78 Å². The standard InChI is InChI=1S/C16H9ClN2O/c17-12-4-2-11(3-5-12)16(20)14-9-19-15-6-1-10(8-18)7-13(14)15/h1-7,9,19H. The Morgan fingerprint density at radius 2 is 1.90 bits per heavy atom. The third kappa shape index (κ3) is 2.07. The van der Waals surface area contributed by atoms with Crippen molar-refractivity contribution in [1.29, 1.82) is 5.26 Å². The molecule has 0 amide bonds. The van der Waals surface area contributed by atoms with E-state index in [9.17, 15) is 4.79 Å². The van der Waals surface area contributed by atoms with E-state index in [2.05, 4.69) is 11.1 Å². The first-order valence-corrected chi connectivity index (χ1v) is 6.38. The number of halogens is 1. The molecule has 2 aromatic carbocycles. The number of H-pyrrole nitrogens is 1. The average molecular weight is 281 g/mol. The second kappa shape index (κ2) is 4.84. The fourth-order valence-electron chi connectivity index (χ4n) is 2.13. The molecule has 0 aliphatic rings. The fourth-order valence-corrected chi connectivity index (χ4v) is 2.26. The Kier molecular flexibility index (Phi) is 3.02. The van der Waals surface area contributed by atoms with Crippen LogP contribution in [0.1, 0.15) is 21.5 Å². The van der Waals surface area contributed by atoms with Crippen molar-refractivity contribution in [3.8, 4) is 6.07 Å². The lowest BCUT2D eigenvalue weighted by Gasteiger charge is -2.00. The van der Waals surface area contributed by atoms with E-state index in [0.29, 0.717) is 21.7 Å². The zero-order valence-electron chi connectivity index (χ0n) is 10.4. The molecule has 3 nitrogen and oxygen atoms in total. The monoisotopic (exact) mass is 280 g/mol. The number of carbonyl (C=O) groups excluding carboxylic acids is 1. The van der Waals surface area contributed by atoms with Gasteiger partial charge in [0.25, 0.3) is 0 Å². The van der Waals surface area contributed by atoms with E-state index in [1.54, 1.807) is 48.7 Å². The molecule has 0 atom stereocenters. The summed E-state index contributed by atoms with van der Waals surface area (Å²) in [5.74, 6) is -0.0944. The number of benzene rings is 2. The second-order valence-corrected chi connectivity index (χ2v) is 4.85. The van der Waals surface area contributed by atoms with Crippen LogP contribution >= 0.6 is 11.6 Å². The molecule has 0 bridgehead atoms. The van der Waals surface area contributed by atoms with Gasteiger partial charge >= 0.3 is 0 Å². The molecular formula is C16H9ClN2O. The molecule has 0 saturated heterocycles. The molecule has 0 aliphatic carbocycles. The van der Waals surface area contributed by atoms with Gasteiger partial charge in [0, 0.05) is 33.2 Å². The number of hydrogen-bond acceptors (Lipinski definition) is 2. The van der Waals surface area contributed by atoms with Gasteiger partial charge in [-0.05, 0) is 42.5 Å². The molecule has 0 aliphatic heterocycles. The van der Waals surface area contributed by atoms with Crippen molar-refractivity contribution in [3.63, 3.8) is 0 Å². The Morgan fingerprint density at radius 3 is 2.60 bits per heavy atom. The van der Waals surface area contributed by atoms with E-state index in [0.717, 1.165) is 10.9 Å². The maximum absolute atomic E-state index is 12.5. The molecule has 20 heavy (non-hydrogen) atoms. The number of aromatic amines is 1. The Hall–Kier alpha value is -2.57. The number of aromatic nitrogens is 1. The van der Waals surface area contributed by atoms with Crippen LogP contribution in [-0.2, 0) is 0 Å². The Bertz CT molecular complexity index is 841. The third-order valence-corrected chi connectivity index (χ3v) is 3.41. The zero-order chi connectivity index (χ0) is 14.1. The van der Waals surface area contributed by atoms with Gasteiger partial charge in [-0.15, -0.1) is 0 Å². The molecule has 0 radical (unpaired) electrons. The minimum Gasteiger partial charge on any atom is -0.360 e. The first-order chi connectivity index (χ1) is 9.69. The molecule has 3 rings (SSSR count). The van der Waals surface area contributed by atoms with Gasteiger partial charge in [-0.3, -0.25) is 4.79 Å². The SMILES string of the molecule is N#Cc1ccc2[nH]cc(C(=O)c3ccc(Cl)cc3)c2c1. The summed E-state index contributed by atoms with van der Waals surface area (Å²) in [6.07, 6.45) is 1.67. The van der Waals surface area contributed by atoms with Crippen molar-refractivity contribution >= 4 is 28.3 Å². The summed E-state index contributed by atoms with van der Waals surface area (Å²) in [6, 6.07) is 14.1. The second-order valence-electron chi connectivity index (χ2n) is 4.41. The van der Waals surface area contributed by atoms with Gasteiger partial charge < -0.3 is 4.98 Å². The zero-order valence-corrected chi connectivity index (χ0v) is 11.1. The molecule has 1 N–H and O–H groups in total. The van der Waals surface area contributed by atoms with Crippen LogP contribution in [0.15, 0.2) is 48.7 Å². The van der Waals surface area contributed by atoms with Crippen LogP contribution < -0.4 is 0 Å². The van der Waals surface area contributed by atoms with Crippen molar-refractivity contribution in [2.45, 2.75) is 0 Å². The summed E-state index contributed by atoms with van der Waals surface area (Å²) in [5.41, 5.74) is 2.49. The average Bonchev–Trinajstić information content (AvgIpc) is 2.90. The number of nitrogens with one attached hydrogen (secondary N) is 1. The highest BCUT2D eigenvalue weighted by atomic mass is 35.5. The highest BCUT2D eigenvalue weighted by Crippen LogP contribution is 2.23. The van der Waals surface area contributed by atoms with E-state index in [4.69, 9.17) is 16.9 Å². The lowest BCUT2D eigenvalue weighted by molar-refractivity contribution is 0.104. The molecule has 0 spiro atoms. The van der Waals surface area contributed by atoms with E-state index >= 15 is 0 Å². The van der Waals surface area contributed by atoms with Crippen molar-refractivity contribution < 1.29 is 4.79 Å². The molecular weight excluding hydrogens is 272 g/mol. The van der Waals surface area contributed by atoms with Crippen molar-refractivity contribution in [2.24, 2.45) is 0 Å². The predicted molar refractivity (Wildman–Crippen MR) is 77.9 cm³/mol. The number of carbonyl (C=O) groups is 1. The largest absolute Gasteiger partial charge is 0.360 e. The summed E-state index contributed by atoms with van der Waals surface area (Å²) < 4.78 is 0. The number of nitriles is 1. The molecule has 0 saturated carbocycles. The van der Waals surface area contributed by atoms with Crippen LogP contribution in [0.25, 0.3) is 10.9 Å². The van der Waals surface area contributed by atoms with Crippen LogP contribution in [0.2, 0.25) is 5.02 Å². The molecule has 4 heteroatoms. The van der Waals surface area contributed by atoms with Gasteiger partial charge in [-0.25, -0.2) is 0 Å². The minimum absolute atomic E-state index is 0.0944. The van der Waals surface area contributed by atoms with Crippen molar-refractivity contribution in [3.05, 3.63) is 70.4 Å². The van der Waals surface area contributed by atoms with E-state index in [1.807, 2.05) is 0 Å². The molecule has 0 fully saturated rings. The smallest absolute Gasteiger partial charge is 0.195 e. The third-order valence-electron chi connectivity index (χ3n) is 3.16. The summed E-state index contributed by atoms with van der Waals surface area (Å²) in [6.45, 7) is 0. The number of rotatable bonds is 2. The number of fused-ring (bicyclic) bond motifs is 1. The lowest BCUT2D eigenvalue weighted by Crippen LogP contribution is -1.99. The van der Waals surface area contributed by atoms with Gasteiger partial charge in [-0.1, -0.05) is 11.6 Å². The highest BCUT2D eigenvalue weighted by Gasteiger charge is 2.14. The van der Waals surface area contributed by atoms with E-state index in [1.165, 1.54) is 0 Å². The molecule has 3 aromatic rings. The Balaban J connectivity index is 2.12. The van der Waals surface area contributed by atoms with Gasteiger partial charge in [0.2, 0.25) is 0 Å². The maximum atomic E-state index is 12.5. The van der Waals surface area contributed by atoms with E-state index < -0.39 is 0 Å². The number of hydrogen-bond donors (Lipinski definition) is 1. The van der Waals surface area contributed by atoms with Crippen LogP contribution in [0, 0.1) is 11.3 Å². The quantitative estimate of drug-likeness (QED) is 0.723. The van der Waals surface area contributed by atoms with Crippen LogP contribution in [0.5, 0.6) is 0 Å². The summed E-state index contributed by atoms with van der Waals surface area (Å²) in [4.78, 5) is 15.5. The Labute approximate surface area is 120 Å². The maximum Gasteiger partial charge on any atom is 0.195 e. The van der Waals surface area contributed by atoms with Crippen LogP contribution in [0.4, 0.5) is 0 Å². The molecule has 1 heterocycles. The first-order valence-electron chi connectivity index (χ1n) is 6.00. The predicted octanol–water partition coefficient (Wildman–Crippen LogP) is 3.92. The van der Waals surface area contributed by atoms with Gasteiger partial charge in [0.1, 0.15) is 0 Å². The van der Waals surface area contributed by atoms with Gasteiger partial charge in [0.05, 0.1) is 11.6 Å². The van der Waals surface area contributed by atoms with Crippen LogP contribution in [-0.4, -0.2) is 10.8 Å².